The van der Waals surface area contributed by atoms with E-state index in [1.165, 1.54) is 13.3 Å². The molecule has 5 nitrogen and oxygen atoms in total. The summed E-state index contributed by atoms with van der Waals surface area (Å²) >= 11 is 0. The number of ether oxygens (including phenoxy) is 2. The van der Waals surface area contributed by atoms with Crippen LogP contribution in [0.25, 0.3) is 0 Å². The molecule has 1 N–H and O–H groups in total. The summed E-state index contributed by atoms with van der Waals surface area (Å²) in [6.45, 7) is 1.73. The van der Waals surface area contributed by atoms with Crippen LogP contribution < -0.4 is 0 Å². The highest BCUT2D eigenvalue weighted by molar-refractivity contribution is 5.72. The lowest BCUT2D eigenvalue weighted by Gasteiger charge is -2.32. The van der Waals surface area contributed by atoms with E-state index in [2.05, 4.69) is 0 Å². The SMILES string of the molecule is CC(=O)OC1CCC(COC(=O)C2CCCCC2)CC1O. The minimum absolute atomic E-state index is 0.0704. The van der Waals surface area contributed by atoms with Crippen LogP contribution in [-0.4, -0.2) is 35.9 Å². The smallest absolute Gasteiger partial charge is 0.308 e. The maximum atomic E-state index is 12.0. The molecule has 0 heterocycles. The molecule has 0 amide bonds. The lowest BCUT2D eigenvalue weighted by molar-refractivity contribution is -0.158. The zero-order valence-corrected chi connectivity index (χ0v) is 12.8. The Morgan fingerprint density at radius 1 is 1.10 bits per heavy atom. The fourth-order valence-corrected chi connectivity index (χ4v) is 3.36. The topological polar surface area (TPSA) is 72.8 Å². The molecule has 0 bridgehead atoms. The fourth-order valence-electron chi connectivity index (χ4n) is 3.36. The molecular weight excluding hydrogens is 272 g/mol. The normalized spacial score (nSPS) is 30.7. The van der Waals surface area contributed by atoms with Gasteiger partial charge in [-0.2, -0.15) is 0 Å². The van der Waals surface area contributed by atoms with Crippen molar-refractivity contribution in [3.05, 3.63) is 0 Å². The molecular formula is C16H26O5. The second-order valence-corrected chi connectivity index (χ2v) is 6.36. The highest BCUT2D eigenvalue weighted by Gasteiger charge is 2.32. The van der Waals surface area contributed by atoms with Gasteiger partial charge < -0.3 is 14.6 Å². The summed E-state index contributed by atoms with van der Waals surface area (Å²) in [7, 11) is 0. The Morgan fingerprint density at radius 3 is 2.43 bits per heavy atom. The Labute approximate surface area is 126 Å². The van der Waals surface area contributed by atoms with Crippen LogP contribution in [0, 0.1) is 11.8 Å². The van der Waals surface area contributed by atoms with Gasteiger partial charge >= 0.3 is 11.9 Å². The van der Waals surface area contributed by atoms with Gasteiger partial charge in [-0.15, -0.1) is 0 Å². The second kappa shape index (κ2) is 7.78. The van der Waals surface area contributed by atoms with E-state index in [-0.39, 0.29) is 23.8 Å². The van der Waals surface area contributed by atoms with Crippen molar-refractivity contribution in [1.29, 1.82) is 0 Å². The summed E-state index contributed by atoms with van der Waals surface area (Å²) < 4.78 is 10.5. The van der Waals surface area contributed by atoms with Crippen LogP contribution in [-0.2, 0) is 19.1 Å². The fraction of sp³-hybridized carbons (Fsp3) is 0.875. The number of hydrogen-bond donors (Lipinski definition) is 1. The largest absolute Gasteiger partial charge is 0.465 e. The van der Waals surface area contributed by atoms with Gasteiger partial charge in [0.05, 0.1) is 18.6 Å². The lowest BCUT2D eigenvalue weighted by atomic mass is 9.85. The molecule has 0 aromatic rings. The maximum Gasteiger partial charge on any atom is 0.308 e. The number of carbonyl (C=O) groups excluding carboxylic acids is 2. The molecule has 120 valence electrons. The van der Waals surface area contributed by atoms with Crippen LogP contribution in [0.4, 0.5) is 0 Å². The molecule has 2 fully saturated rings. The molecule has 5 heteroatoms. The number of aliphatic hydroxyl groups is 1. The quantitative estimate of drug-likeness (QED) is 0.806. The van der Waals surface area contributed by atoms with E-state index in [1.807, 2.05) is 0 Å². The lowest BCUT2D eigenvalue weighted by Crippen LogP contribution is -2.38. The van der Waals surface area contributed by atoms with Gasteiger partial charge in [0.1, 0.15) is 6.10 Å². The Morgan fingerprint density at radius 2 is 1.81 bits per heavy atom. The van der Waals surface area contributed by atoms with Crippen LogP contribution in [0.15, 0.2) is 0 Å². The first-order valence-corrected chi connectivity index (χ1v) is 8.08. The Kier molecular flexibility index (Phi) is 6.03. The van der Waals surface area contributed by atoms with E-state index in [1.54, 1.807) is 0 Å². The number of rotatable bonds is 4. The Balaban J connectivity index is 1.70. The summed E-state index contributed by atoms with van der Waals surface area (Å²) in [5.74, 6) is -0.201. The van der Waals surface area contributed by atoms with E-state index < -0.39 is 12.2 Å². The average molecular weight is 298 g/mol. The maximum absolute atomic E-state index is 12.0. The molecule has 2 rings (SSSR count). The van der Waals surface area contributed by atoms with Crippen LogP contribution >= 0.6 is 0 Å². The van der Waals surface area contributed by atoms with Gasteiger partial charge in [-0.25, -0.2) is 0 Å². The standard InChI is InChI=1S/C16H26O5/c1-11(17)21-15-8-7-12(9-14(15)18)10-20-16(19)13-5-3-2-4-6-13/h12-15,18H,2-10H2,1H3. The van der Waals surface area contributed by atoms with Gasteiger partial charge in [0, 0.05) is 6.92 Å². The molecule has 0 aromatic heterocycles. The second-order valence-electron chi connectivity index (χ2n) is 6.36. The molecule has 3 unspecified atom stereocenters. The van der Waals surface area contributed by atoms with Gasteiger partial charge in [0.25, 0.3) is 0 Å². The van der Waals surface area contributed by atoms with Gasteiger partial charge in [-0.05, 0) is 38.0 Å². The summed E-state index contributed by atoms with van der Waals surface area (Å²) in [5, 5.41) is 9.98. The predicted octanol–water partition coefficient (Wildman–Crippen LogP) is 2.20. The molecule has 2 saturated carbocycles. The molecule has 21 heavy (non-hydrogen) atoms. The van der Waals surface area contributed by atoms with Gasteiger partial charge in [0.15, 0.2) is 0 Å². The van der Waals surface area contributed by atoms with Crippen LogP contribution in [0.5, 0.6) is 0 Å². The number of esters is 2. The molecule has 0 radical (unpaired) electrons. The third-order valence-corrected chi connectivity index (χ3v) is 4.58. The van der Waals surface area contributed by atoms with E-state index in [0.29, 0.717) is 19.4 Å². The summed E-state index contributed by atoms with van der Waals surface area (Å²) in [5.41, 5.74) is 0. The van der Waals surface area contributed by atoms with Crippen molar-refractivity contribution < 1.29 is 24.2 Å². The zero-order chi connectivity index (χ0) is 15.2. The monoisotopic (exact) mass is 298 g/mol. The summed E-state index contributed by atoms with van der Waals surface area (Å²) in [6.07, 6.45) is 6.25. The first-order chi connectivity index (χ1) is 10.1. The first kappa shape index (κ1) is 16.3. The Bertz CT molecular complexity index is 362. The highest BCUT2D eigenvalue weighted by Crippen LogP contribution is 2.29. The minimum Gasteiger partial charge on any atom is -0.465 e. The summed E-state index contributed by atoms with van der Waals surface area (Å²) in [4.78, 5) is 22.9. The predicted molar refractivity (Wildman–Crippen MR) is 76.4 cm³/mol. The van der Waals surface area contributed by atoms with Gasteiger partial charge in [-0.1, -0.05) is 19.3 Å². The zero-order valence-electron chi connectivity index (χ0n) is 12.8. The highest BCUT2D eigenvalue weighted by atomic mass is 16.6. The number of aliphatic hydroxyl groups excluding tert-OH is 1. The van der Waals surface area contributed by atoms with Crippen molar-refractivity contribution in [2.45, 2.75) is 70.5 Å². The van der Waals surface area contributed by atoms with E-state index in [4.69, 9.17) is 9.47 Å². The third kappa shape index (κ3) is 4.99. The molecule has 2 aliphatic rings. The molecule has 0 saturated heterocycles. The number of carbonyl (C=O) groups is 2. The van der Waals surface area contributed by atoms with Crippen molar-refractivity contribution >= 4 is 11.9 Å². The van der Waals surface area contributed by atoms with E-state index >= 15 is 0 Å². The van der Waals surface area contributed by atoms with Crippen molar-refractivity contribution in [3.63, 3.8) is 0 Å². The average Bonchev–Trinajstić information content (AvgIpc) is 2.48. The third-order valence-electron chi connectivity index (χ3n) is 4.58. The Hall–Kier alpha value is -1.10. The van der Waals surface area contributed by atoms with Gasteiger partial charge in [0.2, 0.25) is 0 Å². The molecule has 2 aliphatic carbocycles. The van der Waals surface area contributed by atoms with Crippen molar-refractivity contribution in [2.75, 3.05) is 6.61 Å². The van der Waals surface area contributed by atoms with Crippen LogP contribution in [0.2, 0.25) is 0 Å². The molecule has 0 aromatic carbocycles. The van der Waals surface area contributed by atoms with E-state index in [0.717, 1.165) is 32.1 Å². The van der Waals surface area contributed by atoms with Crippen LogP contribution in [0.3, 0.4) is 0 Å². The van der Waals surface area contributed by atoms with Crippen LogP contribution in [0.1, 0.15) is 58.3 Å². The van der Waals surface area contributed by atoms with E-state index in [9.17, 15) is 14.7 Å². The van der Waals surface area contributed by atoms with Crippen molar-refractivity contribution in [3.8, 4) is 0 Å². The molecule has 3 atom stereocenters. The summed E-state index contributed by atoms with van der Waals surface area (Å²) in [6, 6.07) is 0. The minimum atomic E-state index is -0.652. The van der Waals surface area contributed by atoms with Gasteiger partial charge in [-0.3, -0.25) is 9.59 Å². The number of hydrogen-bond acceptors (Lipinski definition) is 5. The first-order valence-electron chi connectivity index (χ1n) is 8.08. The van der Waals surface area contributed by atoms with Crippen molar-refractivity contribution in [2.24, 2.45) is 11.8 Å². The molecule has 0 aliphatic heterocycles. The molecule has 0 spiro atoms. The van der Waals surface area contributed by atoms with Crippen molar-refractivity contribution in [1.82, 2.24) is 0 Å².